The summed E-state index contributed by atoms with van der Waals surface area (Å²) in [4.78, 5) is 24.0. The van der Waals surface area contributed by atoms with E-state index in [4.69, 9.17) is 0 Å². The van der Waals surface area contributed by atoms with E-state index in [-0.39, 0.29) is 5.91 Å². The number of anilines is 1. The van der Waals surface area contributed by atoms with Crippen LogP contribution in [0.1, 0.15) is 35.3 Å². The number of carbonyl (C=O) groups is 1. The summed E-state index contributed by atoms with van der Waals surface area (Å²) >= 11 is 0. The van der Waals surface area contributed by atoms with Crippen molar-refractivity contribution in [2.75, 3.05) is 51.2 Å². The fourth-order valence-corrected chi connectivity index (χ4v) is 3.53. The Kier molecular flexibility index (Phi) is 7.61. The fourth-order valence-electron chi connectivity index (χ4n) is 3.53. The zero-order valence-electron chi connectivity index (χ0n) is 17.9. The average Bonchev–Trinajstić information content (AvgIpc) is 2.77. The van der Waals surface area contributed by atoms with Gasteiger partial charge in [0, 0.05) is 51.0 Å². The summed E-state index contributed by atoms with van der Waals surface area (Å²) in [5, 5.41) is 3.03. The normalized spacial score (nSPS) is 15.0. The van der Waals surface area contributed by atoms with E-state index in [1.807, 2.05) is 36.5 Å². The van der Waals surface area contributed by atoms with E-state index in [2.05, 4.69) is 52.0 Å². The summed E-state index contributed by atoms with van der Waals surface area (Å²) < 4.78 is 0. The molecule has 156 valence electrons. The molecule has 0 bridgehead atoms. The standard InChI is InChI=1S/C23H33N5O/c1-4-27(5-2)18-19-6-8-21(9-7-19)23(29)25-17-20-10-11-24-22(16-20)28-14-12-26(3)13-15-28/h6-11,16H,4-5,12-15,17-18H2,1-3H3,(H,25,29). The number of aromatic nitrogens is 1. The topological polar surface area (TPSA) is 51.7 Å². The summed E-state index contributed by atoms with van der Waals surface area (Å²) in [5.74, 6) is 0.947. The van der Waals surface area contributed by atoms with Crippen molar-refractivity contribution in [1.82, 2.24) is 20.1 Å². The lowest BCUT2D eigenvalue weighted by molar-refractivity contribution is 0.0951. The molecule has 3 rings (SSSR count). The molecule has 1 saturated heterocycles. The Morgan fingerprint density at radius 3 is 2.38 bits per heavy atom. The van der Waals surface area contributed by atoms with Crippen LogP contribution in [0, 0.1) is 0 Å². The highest BCUT2D eigenvalue weighted by Crippen LogP contribution is 2.15. The third-order valence-electron chi connectivity index (χ3n) is 5.61. The molecule has 0 unspecified atom stereocenters. The van der Waals surface area contributed by atoms with Crippen LogP contribution in [0.4, 0.5) is 5.82 Å². The number of likely N-dealkylation sites (N-methyl/N-ethyl adjacent to an activating group) is 1. The molecule has 2 heterocycles. The summed E-state index contributed by atoms with van der Waals surface area (Å²) in [6.07, 6.45) is 1.83. The molecule has 0 spiro atoms. The highest BCUT2D eigenvalue weighted by atomic mass is 16.1. The van der Waals surface area contributed by atoms with E-state index < -0.39 is 0 Å². The van der Waals surface area contributed by atoms with Crippen LogP contribution in [0.5, 0.6) is 0 Å². The van der Waals surface area contributed by atoms with Crippen molar-refractivity contribution in [3.8, 4) is 0 Å². The molecule has 0 aliphatic carbocycles. The van der Waals surface area contributed by atoms with Crippen LogP contribution in [0.15, 0.2) is 42.6 Å². The van der Waals surface area contributed by atoms with Gasteiger partial charge in [-0.15, -0.1) is 0 Å². The summed E-state index contributed by atoms with van der Waals surface area (Å²) in [6, 6.07) is 12.0. The van der Waals surface area contributed by atoms with Gasteiger partial charge in [0.1, 0.15) is 5.82 Å². The monoisotopic (exact) mass is 395 g/mol. The summed E-state index contributed by atoms with van der Waals surface area (Å²) in [7, 11) is 2.15. The predicted octanol–water partition coefficient (Wildman–Crippen LogP) is 2.61. The minimum atomic E-state index is -0.0441. The van der Waals surface area contributed by atoms with E-state index >= 15 is 0 Å². The van der Waals surface area contributed by atoms with E-state index in [0.717, 1.165) is 57.2 Å². The number of hydrogen-bond acceptors (Lipinski definition) is 5. The van der Waals surface area contributed by atoms with Crippen molar-refractivity contribution in [2.24, 2.45) is 0 Å². The predicted molar refractivity (Wildman–Crippen MR) is 118 cm³/mol. The molecule has 29 heavy (non-hydrogen) atoms. The number of amides is 1. The summed E-state index contributed by atoms with van der Waals surface area (Å²) in [6.45, 7) is 11.9. The Morgan fingerprint density at radius 1 is 1.03 bits per heavy atom. The van der Waals surface area contributed by atoms with E-state index in [9.17, 15) is 4.79 Å². The molecule has 1 aromatic carbocycles. The zero-order valence-corrected chi connectivity index (χ0v) is 17.9. The van der Waals surface area contributed by atoms with Crippen LogP contribution in [0.25, 0.3) is 0 Å². The van der Waals surface area contributed by atoms with Crippen molar-refractivity contribution in [3.05, 3.63) is 59.3 Å². The molecular formula is C23H33N5O. The number of hydrogen-bond donors (Lipinski definition) is 1. The maximum Gasteiger partial charge on any atom is 0.251 e. The first-order chi connectivity index (χ1) is 14.1. The minimum absolute atomic E-state index is 0.0441. The number of nitrogens with zero attached hydrogens (tertiary/aromatic N) is 4. The smallest absolute Gasteiger partial charge is 0.251 e. The Morgan fingerprint density at radius 2 is 1.72 bits per heavy atom. The molecule has 0 atom stereocenters. The van der Waals surface area contributed by atoms with Gasteiger partial charge in [0.2, 0.25) is 0 Å². The molecule has 1 N–H and O–H groups in total. The highest BCUT2D eigenvalue weighted by molar-refractivity contribution is 5.94. The van der Waals surface area contributed by atoms with Crippen molar-refractivity contribution >= 4 is 11.7 Å². The van der Waals surface area contributed by atoms with Crippen LogP contribution >= 0.6 is 0 Å². The largest absolute Gasteiger partial charge is 0.354 e. The third-order valence-corrected chi connectivity index (χ3v) is 5.61. The Bertz CT molecular complexity index is 780. The number of piperazine rings is 1. The molecule has 1 fully saturated rings. The Hall–Kier alpha value is -2.44. The second kappa shape index (κ2) is 10.4. The van der Waals surface area contributed by atoms with Gasteiger partial charge in [0.15, 0.2) is 0 Å². The number of pyridine rings is 1. The van der Waals surface area contributed by atoms with E-state index in [1.165, 1.54) is 5.56 Å². The van der Waals surface area contributed by atoms with Crippen molar-refractivity contribution < 1.29 is 4.79 Å². The van der Waals surface area contributed by atoms with E-state index in [0.29, 0.717) is 12.1 Å². The molecule has 2 aromatic rings. The van der Waals surface area contributed by atoms with Gasteiger partial charge in [-0.2, -0.15) is 0 Å². The molecule has 0 radical (unpaired) electrons. The van der Waals surface area contributed by atoms with Crippen LogP contribution in [-0.2, 0) is 13.1 Å². The Labute approximate surface area is 174 Å². The van der Waals surface area contributed by atoms with Crippen molar-refractivity contribution in [1.29, 1.82) is 0 Å². The molecule has 6 heteroatoms. The molecule has 6 nitrogen and oxygen atoms in total. The first kappa shape index (κ1) is 21.3. The van der Waals surface area contributed by atoms with Gasteiger partial charge >= 0.3 is 0 Å². The van der Waals surface area contributed by atoms with Crippen molar-refractivity contribution in [2.45, 2.75) is 26.9 Å². The molecule has 1 aromatic heterocycles. The quantitative estimate of drug-likeness (QED) is 0.745. The average molecular weight is 396 g/mol. The second-order valence-electron chi connectivity index (χ2n) is 7.65. The maximum atomic E-state index is 12.5. The van der Waals surface area contributed by atoms with Gasteiger partial charge in [-0.25, -0.2) is 4.98 Å². The molecule has 0 saturated carbocycles. The molecule has 1 amide bonds. The molecule has 1 aliphatic rings. The maximum absolute atomic E-state index is 12.5. The van der Waals surface area contributed by atoms with E-state index in [1.54, 1.807) is 0 Å². The van der Waals surface area contributed by atoms with Gasteiger partial charge < -0.3 is 15.1 Å². The molecular weight excluding hydrogens is 362 g/mol. The number of nitrogens with one attached hydrogen (secondary N) is 1. The highest BCUT2D eigenvalue weighted by Gasteiger charge is 2.15. The second-order valence-corrected chi connectivity index (χ2v) is 7.65. The van der Waals surface area contributed by atoms with Gasteiger partial charge in [-0.05, 0) is 55.5 Å². The fraction of sp³-hybridized carbons (Fsp3) is 0.478. The van der Waals surface area contributed by atoms with Gasteiger partial charge in [-0.1, -0.05) is 26.0 Å². The first-order valence-electron chi connectivity index (χ1n) is 10.6. The van der Waals surface area contributed by atoms with Crippen LogP contribution in [0.3, 0.4) is 0 Å². The molecule has 1 aliphatic heterocycles. The number of rotatable bonds is 8. The van der Waals surface area contributed by atoms with Gasteiger partial charge in [0.05, 0.1) is 0 Å². The minimum Gasteiger partial charge on any atom is -0.354 e. The first-order valence-corrected chi connectivity index (χ1v) is 10.6. The third kappa shape index (κ3) is 6.02. The number of carbonyl (C=O) groups excluding carboxylic acids is 1. The number of benzene rings is 1. The van der Waals surface area contributed by atoms with Crippen LogP contribution in [-0.4, -0.2) is 67.0 Å². The van der Waals surface area contributed by atoms with Crippen molar-refractivity contribution in [3.63, 3.8) is 0 Å². The lowest BCUT2D eigenvalue weighted by Crippen LogP contribution is -2.44. The zero-order chi connectivity index (χ0) is 20.6. The van der Waals surface area contributed by atoms with Crippen LogP contribution < -0.4 is 10.2 Å². The van der Waals surface area contributed by atoms with Crippen LogP contribution in [0.2, 0.25) is 0 Å². The van der Waals surface area contributed by atoms with Gasteiger partial charge in [-0.3, -0.25) is 9.69 Å². The SMILES string of the molecule is CCN(CC)Cc1ccc(C(=O)NCc2ccnc(N3CCN(C)CC3)c2)cc1. The summed E-state index contributed by atoms with van der Waals surface area (Å²) in [5.41, 5.74) is 3.00. The lowest BCUT2D eigenvalue weighted by atomic mass is 10.1. The lowest BCUT2D eigenvalue weighted by Gasteiger charge is -2.33. The van der Waals surface area contributed by atoms with Gasteiger partial charge in [0.25, 0.3) is 5.91 Å². The Balaban J connectivity index is 1.54.